The molecule has 0 bridgehead atoms. The number of rotatable bonds is 5. The van der Waals surface area contributed by atoms with Crippen LogP contribution in [0.25, 0.3) is 0 Å². The number of nitrogens with zero attached hydrogens (tertiary/aromatic N) is 1. The molecule has 1 saturated heterocycles. The maximum absolute atomic E-state index is 3.47. The summed E-state index contributed by atoms with van der Waals surface area (Å²) in [5.41, 5.74) is 1.24. The van der Waals surface area contributed by atoms with Crippen LogP contribution in [0.4, 0.5) is 5.69 Å². The molecule has 0 aliphatic carbocycles. The van der Waals surface area contributed by atoms with Crippen molar-refractivity contribution in [3.63, 3.8) is 0 Å². The van der Waals surface area contributed by atoms with Crippen LogP contribution in [0.2, 0.25) is 0 Å². The van der Waals surface area contributed by atoms with Crippen molar-refractivity contribution in [2.24, 2.45) is 5.92 Å². The number of para-hydroxylation sites is 1. The zero-order chi connectivity index (χ0) is 11.9. The molecular formula is C15H24N2. The van der Waals surface area contributed by atoms with E-state index in [1.54, 1.807) is 0 Å². The van der Waals surface area contributed by atoms with Crippen molar-refractivity contribution in [1.29, 1.82) is 0 Å². The Morgan fingerprint density at radius 1 is 1.18 bits per heavy atom. The topological polar surface area (TPSA) is 15.3 Å². The Bertz CT molecular complexity index is 302. The van der Waals surface area contributed by atoms with Gasteiger partial charge in [-0.15, -0.1) is 0 Å². The van der Waals surface area contributed by atoms with Gasteiger partial charge in [-0.3, -0.25) is 0 Å². The minimum atomic E-state index is 0.939. The summed E-state index contributed by atoms with van der Waals surface area (Å²) >= 11 is 0. The quantitative estimate of drug-likeness (QED) is 0.784. The number of benzene rings is 1. The second kappa shape index (κ2) is 6.65. The van der Waals surface area contributed by atoms with Crippen LogP contribution in [0.15, 0.2) is 30.3 Å². The first kappa shape index (κ1) is 12.4. The largest absolute Gasteiger partial charge is 0.385 e. The lowest BCUT2D eigenvalue weighted by molar-refractivity contribution is 0.192. The first-order valence-corrected chi connectivity index (χ1v) is 6.86. The highest BCUT2D eigenvalue weighted by Gasteiger charge is 2.14. The maximum Gasteiger partial charge on any atom is 0.0340 e. The summed E-state index contributed by atoms with van der Waals surface area (Å²) in [5.74, 6) is 0.939. The molecule has 1 aromatic rings. The Morgan fingerprint density at radius 3 is 2.59 bits per heavy atom. The normalized spacial score (nSPS) is 18.2. The van der Waals surface area contributed by atoms with E-state index in [-0.39, 0.29) is 0 Å². The summed E-state index contributed by atoms with van der Waals surface area (Å²) in [7, 11) is 0. The molecule has 2 heteroatoms. The highest BCUT2D eigenvalue weighted by Crippen LogP contribution is 2.15. The number of anilines is 1. The number of piperidine rings is 1. The van der Waals surface area contributed by atoms with E-state index in [0.29, 0.717) is 0 Å². The fourth-order valence-electron chi connectivity index (χ4n) is 2.38. The van der Waals surface area contributed by atoms with E-state index in [9.17, 15) is 0 Å². The molecule has 1 aliphatic rings. The number of hydrogen-bond donors (Lipinski definition) is 1. The Labute approximate surface area is 105 Å². The second-order valence-electron chi connectivity index (χ2n) is 5.17. The van der Waals surface area contributed by atoms with Gasteiger partial charge in [0.2, 0.25) is 0 Å². The van der Waals surface area contributed by atoms with E-state index in [0.717, 1.165) is 12.5 Å². The van der Waals surface area contributed by atoms with Gasteiger partial charge in [0.25, 0.3) is 0 Å². The number of likely N-dealkylation sites (tertiary alicyclic amines) is 1. The van der Waals surface area contributed by atoms with Gasteiger partial charge >= 0.3 is 0 Å². The van der Waals surface area contributed by atoms with Crippen LogP contribution < -0.4 is 5.32 Å². The van der Waals surface area contributed by atoms with Crippen LogP contribution in [-0.4, -0.2) is 31.1 Å². The summed E-state index contributed by atoms with van der Waals surface area (Å²) in [4.78, 5) is 2.60. The molecule has 0 atom stereocenters. The highest BCUT2D eigenvalue weighted by molar-refractivity contribution is 5.42. The Morgan fingerprint density at radius 2 is 1.88 bits per heavy atom. The molecule has 17 heavy (non-hydrogen) atoms. The molecule has 1 N–H and O–H groups in total. The molecule has 1 aromatic carbocycles. The minimum absolute atomic E-state index is 0.939. The highest BCUT2D eigenvalue weighted by atomic mass is 15.1. The summed E-state index contributed by atoms with van der Waals surface area (Å²) in [5, 5.41) is 3.47. The first-order valence-electron chi connectivity index (χ1n) is 6.86. The number of nitrogens with one attached hydrogen (secondary N) is 1. The average Bonchev–Trinajstić information content (AvgIpc) is 2.38. The van der Waals surface area contributed by atoms with Crippen molar-refractivity contribution in [2.75, 3.05) is 31.5 Å². The molecule has 0 radical (unpaired) electrons. The summed E-state index contributed by atoms with van der Waals surface area (Å²) in [6.45, 7) is 7.29. The average molecular weight is 232 g/mol. The van der Waals surface area contributed by atoms with Gasteiger partial charge in [0.15, 0.2) is 0 Å². The summed E-state index contributed by atoms with van der Waals surface area (Å²) in [6.07, 6.45) is 4.00. The SMILES string of the molecule is CC1CCN(CCCNc2ccccc2)CC1. The molecule has 0 amide bonds. The van der Waals surface area contributed by atoms with Crippen LogP contribution >= 0.6 is 0 Å². The zero-order valence-electron chi connectivity index (χ0n) is 10.9. The van der Waals surface area contributed by atoms with Gasteiger partial charge in [-0.1, -0.05) is 25.1 Å². The van der Waals surface area contributed by atoms with Crippen LogP contribution in [0.5, 0.6) is 0 Å². The van der Waals surface area contributed by atoms with Gasteiger partial charge in [-0.2, -0.15) is 0 Å². The van der Waals surface area contributed by atoms with E-state index >= 15 is 0 Å². The van der Waals surface area contributed by atoms with E-state index in [1.807, 2.05) is 0 Å². The van der Waals surface area contributed by atoms with Gasteiger partial charge in [0.1, 0.15) is 0 Å². The van der Waals surface area contributed by atoms with Gasteiger partial charge in [-0.25, -0.2) is 0 Å². The molecule has 1 aliphatic heterocycles. The Hall–Kier alpha value is -1.02. The van der Waals surface area contributed by atoms with E-state index in [1.165, 1.54) is 44.6 Å². The maximum atomic E-state index is 3.47. The van der Waals surface area contributed by atoms with Crippen molar-refractivity contribution in [3.05, 3.63) is 30.3 Å². The Kier molecular flexibility index (Phi) is 4.87. The molecule has 2 rings (SSSR count). The third-order valence-corrected chi connectivity index (χ3v) is 3.63. The van der Waals surface area contributed by atoms with Crippen LogP contribution in [-0.2, 0) is 0 Å². The molecule has 94 valence electrons. The van der Waals surface area contributed by atoms with Crippen molar-refractivity contribution in [2.45, 2.75) is 26.2 Å². The monoisotopic (exact) mass is 232 g/mol. The van der Waals surface area contributed by atoms with E-state index < -0.39 is 0 Å². The molecule has 0 saturated carbocycles. The standard InChI is InChI=1S/C15H24N2/c1-14-8-12-17(13-9-14)11-5-10-16-15-6-3-2-4-7-15/h2-4,6-7,14,16H,5,8-13H2,1H3. The smallest absolute Gasteiger partial charge is 0.0340 e. The number of hydrogen-bond acceptors (Lipinski definition) is 2. The van der Waals surface area contributed by atoms with Crippen LogP contribution in [0, 0.1) is 5.92 Å². The van der Waals surface area contributed by atoms with E-state index in [2.05, 4.69) is 47.5 Å². The fraction of sp³-hybridized carbons (Fsp3) is 0.600. The molecule has 0 aromatic heterocycles. The molecule has 2 nitrogen and oxygen atoms in total. The minimum Gasteiger partial charge on any atom is -0.385 e. The lowest BCUT2D eigenvalue weighted by Gasteiger charge is -2.30. The third-order valence-electron chi connectivity index (χ3n) is 3.63. The van der Waals surface area contributed by atoms with Gasteiger partial charge < -0.3 is 10.2 Å². The molecule has 1 fully saturated rings. The van der Waals surface area contributed by atoms with E-state index in [4.69, 9.17) is 0 Å². The van der Waals surface area contributed by atoms with Gasteiger partial charge in [0, 0.05) is 12.2 Å². The van der Waals surface area contributed by atoms with Crippen molar-refractivity contribution in [1.82, 2.24) is 4.90 Å². The molecular weight excluding hydrogens is 208 g/mol. The predicted molar refractivity (Wildman–Crippen MR) is 74.4 cm³/mol. The molecule has 0 unspecified atom stereocenters. The lowest BCUT2D eigenvalue weighted by Crippen LogP contribution is -2.34. The zero-order valence-corrected chi connectivity index (χ0v) is 10.9. The van der Waals surface area contributed by atoms with Crippen molar-refractivity contribution in [3.8, 4) is 0 Å². The van der Waals surface area contributed by atoms with Crippen LogP contribution in [0.1, 0.15) is 26.2 Å². The second-order valence-corrected chi connectivity index (χ2v) is 5.17. The lowest BCUT2D eigenvalue weighted by atomic mass is 9.99. The molecule has 0 spiro atoms. The van der Waals surface area contributed by atoms with Crippen LogP contribution in [0.3, 0.4) is 0 Å². The first-order chi connectivity index (χ1) is 8.34. The van der Waals surface area contributed by atoms with Crippen molar-refractivity contribution < 1.29 is 0 Å². The summed E-state index contributed by atoms with van der Waals surface area (Å²) in [6, 6.07) is 10.5. The third kappa shape index (κ3) is 4.39. The molecule has 1 heterocycles. The predicted octanol–water partition coefficient (Wildman–Crippen LogP) is 3.22. The van der Waals surface area contributed by atoms with Gasteiger partial charge in [-0.05, 0) is 56.9 Å². The fourth-order valence-corrected chi connectivity index (χ4v) is 2.38. The Balaban J connectivity index is 1.57. The summed E-state index contributed by atoms with van der Waals surface area (Å²) < 4.78 is 0. The van der Waals surface area contributed by atoms with Crippen molar-refractivity contribution >= 4 is 5.69 Å². The van der Waals surface area contributed by atoms with Gasteiger partial charge in [0.05, 0.1) is 0 Å².